The first-order valence-electron chi connectivity index (χ1n) is 6.77. The zero-order valence-corrected chi connectivity index (χ0v) is 13.6. The summed E-state index contributed by atoms with van der Waals surface area (Å²) in [5.41, 5.74) is 0.778. The van der Waals surface area contributed by atoms with Crippen molar-refractivity contribution in [2.75, 3.05) is 14.2 Å². The summed E-state index contributed by atoms with van der Waals surface area (Å²) in [7, 11) is -0.756. The fourth-order valence-electron chi connectivity index (χ4n) is 1.86. The third-order valence-electron chi connectivity index (χ3n) is 3.20. The summed E-state index contributed by atoms with van der Waals surface area (Å²) < 4.78 is 34.7. The van der Waals surface area contributed by atoms with Gasteiger partial charge in [0, 0.05) is 0 Å². The number of rotatable bonds is 5. The molecule has 2 aromatic carbocycles. The number of methoxy groups -OCH3 is 2. The molecule has 0 spiro atoms. The molecule has 6 heteroatoms. The van der Waals surface area contributed by atoms with Gasteiger partial charge in [-0.25, -0.2) is 8.42 Å². The standard InChI is InChI=1S/C17H17NO4S/c1-21-14-6-3-13(4-7-14)5-12-17(18)23(19,20)16-10-8-15(22-2)9-11-16/h3-12,18H,1-2H3. The van der Waals surface area contributed by atoms with Crippen LogP contribution in [-0.2, 0) is 9.84 Å². The van der Waals surface area contributed by atoms with Gasteiger partial charge in [-0.15, -0.1) is 0 Å². The molecule has 0 radical (unpaired) electrons. The van der Waals surface area contributed by atoms with Crippen LogP contribution in [0.25, 0.3) is 6.08 Å². The molecular formula is C17H17NO4S. The fraction of sp³-hybridized carbons (Fsp3) is 0.118. The zero-order valence-electron chi connectivity index (χ0n) is 12.8. The molecular weight excluding hydrogens is 314 g/mol. The van der Waals surface area contributed by atoms with E-state index in [9.17, 15) is 8.42 Å². The lowest BCUT2D eigenvalue weighted by Gasteiger charge is -2.04. The minimum Gasteiger partial charge on any atom is -0.497 e. The Balaban J connectivity index is 2.18. The molecule has 0 heterocycles. The molecule has 0 aliphatic rings. The minimum absolute atomic E-state index is 0.0580. The van der Waals surface area contributed by atoms with E-state index in [4.69, 9.17) is 14.9 Å². The van der Waals surface area contributed by atoms with Gasteiger partial charge in [0.05, 0.1) is 19.1 Å². The Morgan fingerprint density at radius 3 is 1.87 bits per heavy atom. The number of hydrogen-bond acceptors (Lipinski definition) is 5. The average Bonchev–Trinajstić information content (AvgIpc) is 2.60. The van der Waals surface area contributed by atoms with Crippen LogP contribution in [-0.4, -0.2) is 27.7 Å². The van der Waals surface area contributed by atoms with Gasteiger partial charge in [-0.3, -0.25) is 5.41 Å². The summed E-state index contributed by atoms with van der Waals surface area (Å²) >= 11 is 0. The number of ether oxygens (including phenoxy) is 2. The van der Waals surface area contributed by atoms with Crippen molar-refractivity contribution in [3.05, 3.63) is 60.2 Å². The minimum atomic E-state index is -3.83. The molecule has 0 bridgehead atoms. The monoisotopic (exact) mass is 331 g/mol. The highest BCUT2D eigenvalue weighted by Gasteiger charge is 2.18. The van der Waals surface area contributed by atoms with Crippen LogP contribution in [0.2, 0.25) is 0 Å². The number of nitrogens with one attached hydrogen (secondary N) is 1. The first kappa shape index (κ1) is 16.8. The van der Waals surface area contributed by atoms with Gasteiger partial charge in [0.25, 0.3) is 0 Å². The van der Waals surface area contributed by atoms with Gasteiger partial charge in [0.15, 0.2) is 5.04 Å². The quantitative estimate of drug-likeness (QED) is 0.674. The van der Waals surface area contributed by atoms with Gasteiger partial charge >= 0.3 is 0 Å². The summed E-state index contributed by atoms with van der Waals surface area (Å²) in [4.78, 5) is 0.0580. The molecule has 0 aliphatic carbocycles. The summed E-state index contributed by atoms with van der Waals surface area (Å²) in [6.07, 6.45) is 2.84. The van der Waals surface area contributed by atoms with E-state index < -0.39 is 14.9 Å². The second kappa shape index (κ2) is 7.11. The first-order chi connectivity index (χ1) is 11.0. The fourth-order valence-corrected chi connectivity index (χ4v) is 2.85. The number of hydrogen-bond donors (Lipinski definition) is 1. The highest BCUT2D eigenvalue weighted by molar-refractivity contribution is 8.06. The summed E-state index contributed by atoms with van der Waals surface area (Å²) in [5, 5.41) is 7.35. The molecule has 120 valence electrons. The Morgan fingerprint density at radius 1 is 0.913 bits per heavy atom. The number of benzene rings is 2. The predicted octanol–water partition coefficient (Wildman–Crippen LogP) is 3.17. The maximum Gasteiger partial charge on any atom is 0.223 e. The smallest absolute Gasteiger partial charge is 0.223 e. The molecule has 23 heavy (non-hydrogen) atoms. The van der Waals surface area contributed by atoms with E-state index in [0.29, 0.717) is 11.5 Å². The Bertz CT molecular complexity index is 807. The van der Waals surface area contributed by atoms with E-state index in [1.807, 2.05) is 0 Å². The van der Waals surface area contributed by atoms with Crippen LogP contribution in [0.1, 0.15) is 5.56 Å². The van der Waals surface area contributed by atoms with Crippen LogP contribution in [0.5, 0.6) is 11.5 Å². The van der Waals surface area contributed by atoms with E-state index in [-0.39, 0.29) is 4.90 Å². The van der Waals surface area contributed by atoms with E-state index in [2.05, 4.69) is 0 Å². The SMILES string of the molecule is COc1ccc(C=CC(=N)S(=O)(=O)c2ccc(OC)cc2)cc1. The van der Waals surface area contributed by atoms with E-state index in [1.54, 1.807) is 49.6 Å². The lowest BCUT2D eigenvalue weighted by molar-refractivity contribution is 0.414. The van der Waals surface area contributed by atoms with Crippen LogP contribution in [0.3, 0.4) is 0 Å². The molecule has 0 unspecified atom stereocenters. The maximum atomic E-state index is 12.3. The Kier molecular flexibility index (Phi) is 5.18. The summed E-state index contributed by atoms with van der Waals surface area (Å²) in [6, 6.07) is 13.0. The largest absolute Gasteiger partial charge is 0.497 e. The van der Waals surface area contributed by atoms with Crippen LogP contribution in [0.4, 0.5) is 0 Å². The molecule has 0 atom stereocenters. The van der Waals surface area contributed by atoms with Gasteiger partial charge in [-0.2, -0.15) is 0 Å². The first-order valence-corrected chi connectivity index (χ1v) is 8.25. The second-order valence-corrected chi connectivity index (χ2v) is 6.57. The highest BCUT2D eigenvalue weighted by Crippen LogP contribution is 2.18. The molecule has 0 aliphatic heterocycles. The third-order valence-corrected chi connectivity index (χ3v) is 4.81. The lowest BCUT2D eigenvalue weighted by atomic mass is 10.2. The second-order valence-electron chi connectivity index (χ2n) is 4.65. The molecule has 2 aromatic rings. The van der Waals surface area contributed by atoms with Gasteiger partial charge in [-0.05, 0) is 48.0 Å². The van der Waals surface area contributed by atoms with Crippen LogP contribution in [0.15, 0.2) is 59.5 Å². The summed E-state index contributed by atoms with van der Waals surface area (Å²) in [5.74, 6) is 1.27. The van der Waals surface area contributed by atoms with Crippen molar-refractivity contribution >= 4 is 21.0 Å². The van der Waals surface area contributed by atoms with Gasteiger partial charge in [0.2, 0.25) is 9.84 Å². The predicted molar refractivity (Wildman–Crippen MR) is 89.9 cm³/mol. The molecule has 0 aromatic heterocycles. The average molecular weight is 331 g/mol. The van der Waals surface area contributed by atoms with Crippen molar-refractivity contribution in [3.8, 4) is 11.5 Å². The van der Waals surface area contributed by atoms with E-state index in [1.165, 1.54) is 25.3 Å². The Hall–Kier alpha value is -2.60. The normalized spacial score (nSPS) is 11.4. The molecule has 5 nitrogen and oxygen atoms in total. The molecule has 1 N–H and O–H groups in total. The molecule has 0 saturated heterocycles. The van der Waals surface area contributed by atoms with Crippen molar-refractivity contribution in [2.45, 2.75) is 4.90 Å². The Labute approximate surface area is 135 Å². The van der Waals surface area contributed by atoms with Gasteiger partial charge in [-0.1, -0.05) is 18.2 Å². The maximum absolute atomic E-state index is 12.3. The molecule has 0 fully saturated rings. The van der Waals surface area contributed by atoms with Crippen LogP contribution < -0.4 is 9.47 Å². The Morgan fingerprint density at radius 2 is 1.39 bits per heavy atom. The van der Waals surface area contributed by atoms with Crippen molar-refractivity contribution < 1.29 is 17.9 Å². The molecule has 0 amide bonds. The van der Waals surface area contributed by atoms with E-state index in [0.717, 1.165) is 5.56 Å². The van der Waals surface area contributed by atoms with Crippen molar-refractivity contribution in [1.29, 1.82) is 5.41 Å². The van der Waals surface area contributed by atoms with Crippen molar-refractivity contribution in [2.24, 2.45) is 0 Å². The third kappa shape index (κ3) is 3.98. The van der Waals surface area contributed by atoms with Crippen molar-refractivity contribution in [1.82, 2.24) is 0 Å². The van der Waals surface area contributed by atoms with Crippen LogP contribution >= 0.6 is 0 Å². The van der Waals surface area contributed by atoms with Crippen molar-refractivity contribution in [3.63, 3.8) is 0 Å². The number of sulfone groups is 1. The van der Waals surface area contributed by atoms with Crippen LogP contribution in [0, 0.1) is 5.41 Å². The summed E-state index contributed by atoms with van der Waals surface area (Å²) in [6.45, 7) is 0. The van der Waals surface area contributed by atoms with Gasteiger partial charge < -0.3 is 9.47 Å². The molecule has 2 rings (SSSR count). The topological polar surface area (TPSA) is 76.5 Å². The molecule has 0 saturated carbocycles. The zero-order chi connectivity index (χ0) is 16.9. The van der Waals surface area contributed by atoms with Gasteiger partial charge in [0.1, 0.15) is 11.5 Å². The lowest BCUT2D eigenvalue weighted by Crippen LogP contribution is -2.11. The highest BCUT2D eigenvalue weighted by atomic mass is 32.2. The van der Waals surface area contributed by atoms with E-state index >= 15 is 0 Å².